The molecule has 4 rings (SSSR count). The monoisotopic (exact) mass is 393 g/mol. The van der Waals surface area contributed by atoms with Crippen molar-refractivity contribution in [3.05, 3.63) is 92.4 Å². The van der Waals surface area contributed by atoms with Gasteiger partial charge >= 0.3 is 5.69 Å². The van der Waals surface area contributed by atoms with Crippen molar-refractivity contribution in [2.75, 3.05) is 5.32 Å². The second-order valence-electron chi connectivity index (χ2n) is 6.83. The third kappa shape index (κ3) is 3.33. The first-order valence-electron chi connectivity index (χ1n) is 9.15. The van der Waals surface area contributed by atoms with Crippen LogP contribution in [0.15, 0.2) is 64.2 Å². The molecule has 0 aliphatic rings. The fourth-order valence-corrected chi connectivity index (χ4v) is 3.31. The van der Waals surface area contributed by atoms with Gasteiger partial charge in [-0.05, 0) is 11.6 Å². The van der Waals surface area contributed by atoms with Gasteiger partial charge in [0.1, 0.15) is 5.82 Å². The Morgan fingerprint density at radius 3 is 2.38 bits per heavy atom. The zero-order valence-corrected chi connectivity index (χ0v) is 16.1. The van der Waals surface area contributed by atoms with Crippen LogP contribution in [0.4, 0.5) is 10.3 Å². The van der Waals surface area contributed by atoms with Gasteiger partial charge in [-0.2, -0.15) is 4.98 Å². The summed E-state index contributed by atoms with van der Waals surface area (Å²) in [5.41, 5.74) is 1.01. The molecule has 0 fully saturated rings. The van der Waals surface area contributed by atoms with Crippen molar-refractivity contribution in [1.82, 2.24) is 18.7 Å². The Bertz CT molecular complexity index is 1300. The number of aromatic nitrogens is 4. The molecule has 0 amide bonds. The van der Waals surface area contributed by atoms with Crippen molar-refractivity contribution in [3.63, 3.8) is 0 Å². The number of halogens is 1. The molecular weight excluding hydrogens is 373 g/mol. The average molecular weight is 393 g/mol. The maximum Gasteiger partial charge on any atom is 0.332 e. The fraction of sp³-hybridized carbons (Fsp3) is 0.190. The second kappa shape index (κ2) is 7.38. The smallest absolute Gasteiger partial charge is 0.332 e. The molecule has 0 saturated heterocycles. The molecule has 4 aromatic rings. The number of fused-ring (bicyclic) bond motifs is 1. The summed E-state index contributed by atoms with van der Waals surface area (Å²) in [6, 6.07) is 16.1. The van der Waals surface area contributed by atoms with Crippen LogP contribution in [0.2, 0.25) is 0 Å². The van der Waals surface area contributed by atoms with Gasteiger partial charge in [0.2, 0.25) is 5.95 Å². The molecule has 0 unspecified atom stereocenters. The van der Waals surface area contributed by atoms with Gasteiger partial charge in [-0.25, -0.2) is 9.18 Å². The molecule has 2 aromatic carbocycles. The van der Waals surface area contributed by atoms with Crippen molar-refractivity contribution in [1.29, 1.82) is 0 Å². The molecule has 0 aliphatic carbocycles. The number of hydrogen-bond donors (Lipinski definition) is 1. The maximum absolute atomic E-state index is 14.3. The van der Waals surface area contributed by atoms with E-state index in [0.29, 0.717) is 18.1 Å². The third-order valence-corrected chi connectivity index (χ3v) is 4.93. The van der Waals surface area contributed by atoms with Crippen LogP contribution in [-0.4, -0.2) is 18.7 Å². The maximum atomic E-state index is 14.3. The van der Waals surface area contributed by atoms with E-state index in [2.05, 4.69) is 10.3 Å². The molecule has 0 atom stereocenters. The number of nitrogens with zero attached hydrogens (tertiary/aromatic N) is 4. The molecule has 148 valence electrons. The van der Waals surface area contributed by atoms with E-state index in [1.807, 2.05) is 30.3 Å². The van der Waals surface area contributed by atoms with E-state index >= 15 is 0 Å². The summed E-state index contributed by atoms with van der Waals surface area (Å²) >= 11 is 0. The number of hydrogen-bond acceptors (Lipinski definition) is 4. The Hall–Kier alpha value is -3.68. The van der Waals surface area contributed by atoms with Crippen LogP contribution in [0.1, 0.15) is 11.1 Å². The van der Waals surface area contributed by atoms with Gasteiger partial charge in [-0.1, -0.05) is 48.5 Å². The highest BCUT2D eigenvalue weighted by molar-refractivity contribution is 5.74. The summed E-state index contributed by atoms with van der Waals surface area (Å²) in [6.45, 7) is 0.573. The zero-order chi connectivity index (χ0) is 20.5. The lowest BCUT2D eigenvalue weighted by Crippen LogP contribution is -2.37. The molecule has 0 saturated carbocycles. The van der Waals surface area contributed by atoms with Gasteiger partial charge in [0, 0.05) is 26.2 Å². The molecule has 2 aromatic heterocycles. The molecule has 1 N–H and O–H groups in total. The van der Waals surface area contributed by atoms with Crippen molar-refractivity contribution >= 4 is 17.1 Å². The van der Waals surface area contributed by atoms with E-state index in [0.717, 1.165) is 10.1 Å². The van der Waals surface area contributed by atoms with Crippen LogP contribution in [0.3, 0.4) is 0 Å². The van der Waals surface area contributed by atoms with Crippen LogP contribution in [0.25, 0.3) is 11.2 Å². The van der Waals surface area contributed by atoms with Crippen LogP contribution >= 0.6 is 0 Å². The topological polar surface area (TPSA) is 73.8 Å². The SMILES string of the molecule is Cn1c(=O)c2c(nc(NCc3ccccc3)n2Cc2ccccc2F)n(C)c1=O. The third-order valence-electron chi connectivity index (χ3n) is 4.93. The van der Waals surface area contributed by atoms with E-state index < -0.39 is 11.2 Å². The molecule has 2 heterocycles. The molecular formula is C21H20FN5O2. The fourth-order valence-electron chi connectivity index (χ4n) is 3.31. The summed E-state index contributed by atoms with van der Waals surface area (Å²) in [7, 11) is 2.98. The Balaban J connectivity index is 1.88. The van der Waals surface area contributed by atoms with Crippen LogP contribution in [-0.2, 0) is 27.2 Å². The lowest BCUT2D eigenvalue weighted by atomic mass is 10.2. The molecule has 29 heavy (non-hydrogen) atoms. The predicted octanol–water partition coefficient (Wildman–Crippen LogP) is 2.23. The average Bonchev–Trinajstić information content (AvgIpc) is 3.10. The summed E-state index contributed by atoms with van der Waals surface area (Å²) < 4.78 is 18.3. The van der Waals surface area contributed by atoms with E-state index in [1.165, 1.54) is 17.7 Å². The van der Waals surface area contributed by atoms with Crippen molar-refractivity contribution < 1.29 is 4.39 Å². The van der Waals surface area contributed by atoms with Gasteiger partial charge in [0.25, 0.3) is 5.56 Å². The van der Waals surface area contributed by atoms with E-state index in [9.17, 15) is 14.0 Å². The summed E-state index contributed by atoms with van der Waals surface area (Å²) in [4.78, 5) is 29.7. The van der Waals surface area contributed by atoms with E-state index in [1.54, 1.807) is 29.8 Å². The lowest BCUT2D eigenvalue weighted by Gasteiger charge is -2.12. The molecule has 0 bridgehead atoms. The largest absolute Gasteiger partial charge is 0.351 e. The number of benzene rings is 2. The first-order chi connectivity index (χ1) is 14.0. The molecule has 8 heteroatoms. The molecule has 0 spiro atoms. The minimum atomic E-state index is -0.472. The number of aryl methyl sites for hydroxylation is 1. The number of anilines is 1. The van der Waals surface area contributed by atoms with Crippen molar-refractivity contribution in [2.45, 2.75) is 13.1 Å². The zero-order valence-electron chi connectivity index (χ0n) is 16.1. The second-order valence-corrected chi connectivity index (χ2v) is 6.83. The Labute approximate surface area is 165 Å². The Morgan fingerprint density at radius 1 is 0.966 bits per heavy atom. The number of imidazole rings is 1. The minimum Gasteiger partial charge on any atom is -0.351 e. The summed E-state index contributed by atoms with van der Waals surface area (Å²) in [5.74, 6) is 0.0235. The lowest BCUT2D eigenvalue weighted by molar-refractivity contribution is 0.601. The highest BCUT2D eigenvalue weighted by atomic mass is 19.1. The normalized spacial score (nSPS) is 11.1. The molecule has 0 aliphatic heterocycles. The Morgan fingerprint density at radius 2 is 1.66 bits per heavy atom. The molecule has 7 nitrogen and oxygen atoms in total. The van der Waals surface area contributed by atoms with Gasteiger partial charge in [-0.15, -0.1) is 0 Å². The summed E-state index contributed by atoms with van der Waals surface area (Å²) in [5, 5.41) is 3.22. The van der Waals surface area contributed by atoms with Gasteiger partial charge in [0.15, 0.2) is 11.2 Å². The minimum absolute atomic E-state index is 0.105. The van der Waals surface area contributed by atoms with Crippen LogP contribution < -0.4 is 16.6 Å². The van der Waals surface area contributed by atoms with Gasteiger partial charge in [-0.3, -0.25) is 18.5 Å². The van der Waals surface area contributed by atoms with Crippen molar-refractivity contribution in [3.8, 4) is 0 Å². The Kier molecular flexibility index (Phi) is 4.75. The first kappa shape index (κ1) is 18.7. The van der Waals surface area contributed by atoms with Crippen LogP contribution in [0, 0.1) is 5.82 Å². The first-order valence-corrected chi connectivity index (χ1v) is 9.15. The van der Waals surface area contributed by atoms with Crippen LogP contribution in [0.5, 0.6) is 0 Å². The standard InChI is InChI=1S/C21H20FN5O2/c1-25-18-17(19(28)26(2)21(25)29)27(13-15-10-6-7-11-16(15)22)20(24-18)23-12-14-8-4-3-5-9-14/h3-11H,12-13H2,1-2H3,(H,23,24). The van der Waals surface area contributed by atoms with E-state index in [4.69, 9.17) is 0 Å². The highest BCUT2D eigenvalue weighted by Gasteiger charge is 2.20. The predicted molar refractivity (Wildman–Crippen MR) is 109 cm³/mol. The summed E-state index contributed by atoms with van der Waals surface area (Å²) in [6.07, 6.45) is 0. The van der Waals surface area contributed by atoms with Gasteiger partial charge < -0.3 is 5.32 Å². The van der Waals surface area contributed by atoms with Crippen molar-refractivity contribution in [2.24, 2.45) is 14.1 Å². The highest BCUT2D eigenvalue weighted by Crippen LogP contribution is 2.20. The van der Waals surface area contributed by atoms with Gasteiger partial charge in [0.05, 0.1) is 6.54 Å². The number of rotatable bonds is 5. The molecule has 0 radical (unpaired) electrons. The number of nitrogens with one attached hydrogen (secondary N) is 1. The quantitative estimate of drug-likeness (QED) is 0.564. The van der Waals surface area contributed by atoms with E-state index in [-0.39, 0.29) is 23.5 Å².